The van der Waals surface area contributed by atoms with Crippen LogP contribution in [-0.4, -0.2) is 58.7 Å². The van der Waals surface area contributed by atoms with E-state index in [0.717, 1.165) is 25.8 Å². The van der Waals surface area contributed by atoms with Crippen molar-refractivity contribution in [2.24, 2.45) is 0 Å². The van der Waals surface area contributed by atoms with Crippen molar-refractivity contribution in [3.05, 3.63) is 16.3 Å². The van der Waals surface area contributed by atoms with Crippen molar-refractivity contribution < 1.29 is 9.66 Å². The number of nitrogens with zero attached hydrogens (tertiary/aromatic N) is 4. The maximum absolute atomic E-state index is 10.9. The van der Waals surface area contributed by atoms with Gasteiger partial charge in [-0.2, -0.15) is 4.98 Å². The lowest BCUT2D eigenvalue weighted by Crippen LogP contribution is -2.42. The standard InChI is InChI=1S/C11H18N6O3/c1-8(7-16-2-4-20-5-3-16)14-10-9(17(18)19)6-13-11(12)15-10/h6,8H,2-5,7H2,1H3,(H3,12,13,14,15). The van der Waals surface area contributed by atoms with Crippen LogP contribution in [0.3, 0.4) is 0 Å². The van der Waals surface area contributed by atoms with Gasteiger partial charge in [0.05, 0.1) is 18.1 Å². The highest BCUT2D eigenvalue weighted by molar-refractivity contribution is 5.56. The van der Waals surface area contributed by atoms with Gasteiger partial charge in [-0.25, -0.2) is 4.98 Å². The molecule has 0 aliphatic carbocycles. The molecule has 0 saturated carbocycles. The van der Waals surface area contributed by atoms with Gasteiger partial charge in [-0.1, -0.05) is 0 Å². The molecule has 0 spiro atoms. The van der Waals surface area contributed by atoms with Gasteiger partial charge in [0.15, 0.2) is 0 Å². The summed E-state index contributed by atoms with van der Waals surface area (Å²) in [7, 11) is 0. The summed E-state index contributed by atoms with van der Waals surface area (Å²) in [5.41, 5.74) is 5.30. The number of nitrogen functional groups attached to an aromatic ring is 1. The molecule has 0 aromatic carbocycles. The van der Waals surface area contributed by atoms with E-state index in [1.807, 2.05) is 6.92 Å². The molecule has 1 aromatic rings. The Balaban J connectivity index is 2.00. The molecule has 3 N–H and O–H groups in total. The fourth-order valence-electron chi connectivity index (χ4n) is 2.08. The summed E-state index contributed by atoms with van der Waals surface area (Å²) in [5.74, 6) is 0.167. The normalized spacial score (nSPS) is 17.6. The first-order chi connectivity index (χ1) is 9.56. The molecule has 1 saturated heterocycles. The summed E-state index contributed by atoms with van der Waals surface area (Å²) in [5, 5.41) is 13.9. The lowest BCUT2D eigenvalue weighted by atomic mass is 10.3. The summed E-state index contributed by atoms with van der Waals surface area (Å²) >= 11 is 0. The largest absolute Gasteiger partial charge is 0.379 e. The minimum absolute atomic E-state index is 0.00102. The average Bonchev–Trinajstić information content (AvgIpc) is 2.39. The predicted octanol–water partition coefficient (Wildman–Crippen LogP) is 0.0996. The molecule has 20 heavy (non-hydrogen) atoms. The summed E-state index contributed by atoms with van der Waals surface area (Å²) in [6.45, 7) is 5.85. The highest BCUT2D eigenvalue weighted by Gasteiger charge is 2.20. The van der Waals surface area contributed by atoms with Crippen LogP contribution in [0, 0.1) is 10.1 Å². The van der Waals surface area contributed by atoms with Crippen LogP contribution in [0.4, 0.5) is 17.5 Å². The van der Waals surface area contributed by atoms with Gasteiger partial charge in [0, 0.05) is 25.7 Å². The highest BCUT2D eigenvalue weighted by Crippen LogP contribution is 2.21. The molecule has 9 heteroatoms. The van der Waals surface area contributed by atoms with Crippen LogP contribution in [0.25, 0.3) is 0 Å². The molecular weight excluding hydrogens is 264 g/mol. The van der Waals surface area contributed by atoms with E-state index in [2.05, 4.69) is 20.2 Å². The first-order valence-corrected chi connectivity index (χ1v) is 6.40. The number of nitro groups is 1. The molecule has 9 nitrogen and oxygen atoms in total. The minimum atomic E-state index is -0.525. The Labute approximate surface area is 116 Å². The second kappa shape index (κ2) is 6.44. The van der Waals surface area contributed by atoms with E-state index in [-0.39, 0.29) is 23.5 Å². The molecule has 1 aliphatic rings. The van der Waals surface area contributed by atoms with Crippen LogP contribution in [0.5, 0.6) is 0 Å². The zero-order valence-electron chi connectivity index (χ0n) is 11.3. The van der Waals surface area contributed by atoms with Gasteiger partial charge in [-0.15, -0.1) is 0 Å². The second-order valence-corrected chi connectivity index (χ2v) is 4.68. The lowest BCUT2D eigenvalue weighted by molar-refractivity contribution is -0.384. The van der Waals surface area contributed by atoms with Crippen molar-refractivity contribution in [1.82, 2.24) is 14.9 Å². The van der Waals surface area contributed by atoms with E-state index in [4.69, 9.17) is 10.5 Å². The summed E-state index contributed by atoms with van der Waals surface area (Å²) in [4.78, 5) is 20.2. The van der Waals surface area contributed by atoms with E-state index in [1.54, 1.807) is 0 Å². The van der Waals surface area contributed by atoms with Crippen molar-refractivity contribution in [3.63, 3.8) is 0 Å². The van der Waals surface area contributed by atoms with E-state index < -0.39 is 4.92 Å². The molecule has 1 atom stereocenters. The van der Waals surface area contributed by atoms with Crippen molar-refractivity contribution >= 4 is 17.5 Å². The Hall–Kier alpha value is -2.00. The first-order valence-electron chi connectivity index (χ1n) is 6.40. The summed E-state index contributed by atoms with van der Waals surface area (Å²) in [6.07, 6.45) is 1.12. The number of hydrogen-bond donors (Lipinski definition) is 2. The van der Waals surface area contributed by atoms with Crippen molar-refractivity contribution in [2.75, 3.05) is 43.9 Å². The highest BCUT2D eigenvalue weighted by atomic mass is 16.6. The predicted molar refractivity (Wildman–Crippen MR) is 73.4 cm³/mol. The summed E-state index contributed by atoms with van der Waals surface area (Å²) in [6, 6.07) is 0.00102. The molecule has 1 fully saturated rings. The van der Waals surface area contributed by atoms with Gasteiger partial charge in [0.1, 0.15) is 6.20 Å². The molecule has 0 radical (unpaired) electrons. The Kier molecular flexibility index (Phi) is 4.64. The number of aromatic nitrogens is 2. The van der Waals surface area contributed by atoms with E-state index in [0.29, 0.717) is 13.2 Å². The minimum Gasteiger partial charge on any atom is -0.379 e. The Bertz CT molecular complexity index is 477. The second-order valence-electron chi connectivity index (χ2n) is 4.68. The van der Waals surface area contributed by atoms with Gasteiger partial charge in [0.25, 0.3) is 0 Å². The SMILES string of the molecule is CC(CN1CCOCC1)Nc1nc(N)ncc1[N+](=O)[O-]. The quantitative estimate of drug-likeness (QED) is 0.576. The molecule has 110 valence electrons. The molecule has 1 aliphatic heterocycles. The maximum Gasteiger partial charge on any atom is 0.329 e. The van der Waals surface area contributed by atoms with Gasteiger partial charge in [0.2, 0.25) is 11.8 Å². The fraction of sp³-hybridized carbons (Fsp3) is 0.636. The maximum atomic E-state index is 10.9. The van der Waals surface area contributed by atoms with Crippen LogP contribution in [-0.2, 0) is 4.74 Å². The van der Waals surface area contributed by atoms with E-state index in [9.17, 15) is 10.1 Å². The van der Waals surface area contributed by atoms with Gasteiger partial charge < -0.3 is 15.8 Å². The van der Waals surface area contributed by atoms with Crippen LogP contribution in [0.2, 0.25) is 0 Å². The molecule has 2 heterocycles. The van der Waals surface area contributed by atoms with Crippen molar-refractivity contribution in [1.29, 1.82) is 0 Å². The first kappa shape index (κ1) is 14.4. The molecule has 2 rings (SSSR count). The zero-order chi connectivity index (χ0) is 14.5. The van der Waals surface area contributed by atoms with Crippen molar-refractivity contribution in [2.45, 2.75) is 13.0 Å². The van der Waals surface area contributed by atoms with Gasteiger partial charge >= 0.3 is 5.69 Å². The molecule has 1 unspecified atom stereocenters. The molecule has 0 amide bonds. The fourth-order valence-corrected chi connectivity index (χ4v) is 2.08. The Morgan fingerprint density at radius 2 is 2.30 bits per heavy atom. The molecular formula is C11H18N6O3. The Morgan fingerprint density at radius 3 is 2.95 bits per heavy atom. The zero-order valence-corrected chi connectivity index (χ0v) is 11.3. The van der Waals surface area contributed by atoms with Crippen LogP contribution in [0.1, 0.15) is 6.92 Å². The summed E-state index contributed by atoms with van der Waals surface area (Å²) < 4.78 is 5.28. The van der Waals surface area contributed by atoms with Crippen LogP contribution >= 0.6 is 0 Å². The third-order valence-corrected chi connectivity index (χ3v) is 3.00. The van der Waals surface area contributed by atoms with E-state index in [1.165, 1.54) is 0 Å². The third kappa shape index (κ3) is 3.75. The number of rotatable bonds is 5. The van der Waals surface area contributed by atoms with Crippen molar-refractivity contribution in [3.8, 4) is 0 Å². The number of nitrogens with two attached hydrogens (primary N) is 1. The van der Waals surface area contributed by atoms with E-state index >= 15 is 0 Å². The van der Waals surface area contributed by atoms with Crippen LogP contribution in [0.15, 0.2) is 6.20 Å². The van der Waals surface area contributed by atoms with Crippen LogP contribution < -0.4 is 11.1 Å². The Morgan fingerprint density at radius 1 is 1.60 bits per heavy atom. The number of ether oxygens (including phenoxy) is 1. The lowest BCUT2D eigenvalue weighted by Gasteiger charge is -2.29. The smallest absolute Gasteiger partial charge is 0.329 e. The number of hydrogen-bond acceptors (Lipinski definition) is 8. The number of morpholine rings is 1. The third-order valence-electron chi connectivity index (χ3n) is 3.00. The topological polar surface area (TPSA) is 119 Å². The average molecular weight is 282 g/mol. The number of anilines is 2. The van der Waals surface area contributed by atoms with Gasteiger partial charge in [-0.3, -0.25) is 15.0 Å². The number of nitrogens with one attached hydrogen (secondary N) is 1. The molecule has 0 bridgehead atoms. The van der Waals surface area contributed by atoms with Gasteiger partial charge in [-0.05, 0) is 6.92 Å². The monoisotopic (exact) mass is 282 g/mol. The molecule has 1 aromatic heterocycles.